The van der Waals surface area contributed by atoms with Crippen molar-refractivity contribution in [3.8, 4) is 17.6 Å². The van der Waals surface area contributed by atoms with Gasteiger partial charge in [-0.1, -0.05) is 54.6 Å². The van der Waals surface area contributed by atoms with Gasteiger partial charge in [0.2, 0.25) is 5.95 Å². The van der Waals surface area contributed by atoms with Gasteiger partial charge in [0.05, 0.1) is 52.6 Å². The standard InChI is InChI=1S/C43H53N8O8P/c1-28(2)51(29(3)4)60(57-24-12-23-44)59-38-35(58-41(37(38)52)50-27-45-36-39(50)47-42(48-40(36)53)46-26-49(5)6)25-56-43(30-13-10-9-11-14-30,31-15-19-33(54-7)20-16-31)32-17-21-34(55-8)22-18-32/h9-11,13-22,26-29,35,37-38,41,52H,12,24-25H2,1-8H3,(H,47,48,53)/t35-,37-,38-,41-,60?/m1/s1. The van der Waals surface area contributed by atoms with E-state index < -0.39 is 44.2 Å². The molecule has 2 aromatic heterocycles. The predicted octanol–water partition coefficient (Wildman–Crippen LogP) is 6.29. The second kappa shape index (κ2) is 19.9. The summed E-state index contributed by atoms with van der Waals surface area (Å²) in [5.41, 5.74) is 0.906. The van der Waals surface area contributed by atoms with Crippen LogP contribution in [-0.2, 0) is 24.1 Å². The number of fused-ring (bicyclic) bond motifs is 1. The van der Waals surface area contributed by atoms with Gasteiger partial charge in [0.25, 0.3) is 14.1 Å². The van der Waals surface area contributed by atoms with Gasteiger partial charge >= 0.3 is 0 Å². The first-order valence-corrected chi connectivity index (χ1v) is 20.8. The summed E-state index contributed by atoms with van der Waals surface area (Å²) in [6, 6.07) is 27.3. The van der Waals surface area contributed by atoms with Crippen molar-refractivity contribution in [1.29, 1.82) is 5.26 Å². The number of aromatic amines is 1. The van der Waals surface area contributed by atoms with Crippen molar-refractivity contribution in [3.05, 3.63) is 112 Å². The number of ether oxygens (including phenoxy) is 4. The molecule has 1 unspecified atom stereocenters. The van der Waals surface area contributed by atoms with E-state index in [1.807, 2.05) is 107 Å². The SMILES string of the molecule is COc1ccc(C(OC[C@H]2O[C@@H](n3cnc4c(=O)[nH]c(N=CN(C)C)nc43)[C@H](O)[C@@H]2OP(OCCC#N)N(C(C)C)C(C)C)(c2ccccc2)c2ccc(OC)cc2)cc1. The zero-order valence-corrected chi connectivity index (χ0v) is 36.0. The largest absolute Gasteiger partial charge is 0.497 e. The third-order valence-corrected chi connectivity index (χ3v) is 12.1. The zero-order valence-electron chi connectivity index (χ0n) is 35.1. The van der Waals surface area contributed by atoms with Crippen LogP contribution in [0.5, 0.6) is 11.5 Å². The summed E-state index contributed by atoms with van der Waals surface area (Å²) in [6.07, 6.45) is -1.39. The number of hydrogen-bond acceptors (Lipinski definition) is 13. The molecule has 6 rings (SSSR count). The predicted molar refractivity (Wildman–Crippen MR) is 228 cm³/mol. The number of hydrogen-bond donors (Lipinski definition) is 2. The van der Waals surface area contributed by atoms with Crippen molar-refractivity contribution in [2.45, 2.75) is 76.3 Å². The maximum Gasteiger partial charge on any atom is 0.280 e. The van der Waals surface area contributed by atoms with Crippen LogP contribution in [0.4, 0.5) is 5.95 Å². The quantitative estimate of drug-likeness (QED) is 0.0312. The molecule has 0 spiro atoms. The van der Waals surface area contributed by atoms with Crippen molar-refractivity contribution in [3.63, 3.8) is 0 Å². The van der Waals surface area contributed by atoms with E-state index in [9.17, 15) is 15.2 Å². The molecule has 1 aliphatic rings. The van der Waals surface area contributed by atoms with Gasteiger partial charge in [-0.3, -0.25) is 14.3 Å². The maximum atomic E-state index is 13.2. The molecule has 60 heavy (non-hydrogen) atoms. The van der Waals surface area contributed by atoms with Gasteiger partial charge in [-0.05, 0) is 68.7 Å². The number of H-pyrrole nitrogens is 1. The highest BCUT2D eigenvalue weighted by Gasteiger charge is 2.50. The number of imidazole rings is 1. The molecule has 5 atom stereocenters. The molecular weight excluding hydrogens is 787 g/mol. The summed E-state index contributed by atoms with van der Waals surface area (Å²) in [6.45, 7) is 8.15. The molecule has 1 aliphatic heterocycles. The summed E-state index contributed by atoms with van der Waals surface area (Å²) in [7, 11) is 4.97. The number of aliphatic imine (C=N–C) groups is 1. The summed E-state index contributed by atoms with van der Waals surface area (Å²) < 4.78 is 41.9. The van der Waals surface area contributed by atoms with E-state index in [2.05, 4.69) is 30.7 Å². The van der Waals surface area contributed by atoms with Gasteiger partial charge in [-0.25, -0.2) is 14.6 Å². The molecule has 1 saturated heterocycles. The third kappa shape index (κ3) is 9.53. The Hall–Kier alpha value is -5.24. The Balaban J connectivity index is 1.48. The lowest BCUT2D eigenvalue weighted by molar-refractivity contribution is -0.0928. The Morgan fingerprint density at radius 2 is 1.58 bits per heavy atom. The van der Waals surface area contributed by atoms with Crippen LogP contribution in [0.2, 0.25) is 0 Å². The molecule has 0 radical (unpaired) electrons. The van der Waals surface area contributed by atoms with Gasteiger partial charge < -0.3 is 38.0 Å². The number of aromatic nitrogens is 4. The van der Waals surface area contributed by atoms with Crippen LogP contribution in [0.15, 0.2) is 95.0 Å². The summed E-state index contributed by atoms with van der Waals surface area (Å²) in [5.74, 6) is 1.40. The number of benzene rings is 3. The number of aliphatic hydroxyl groups is 1. The van der Waals surface area contributed by atoms with Gasteiger partial charge in [0, 0.05) is 26.2 Å². The molecular formula is C43H53N8O8P. The van der Waals surface area contributed by atoms with Crippen molar-refractivity contribution < 1.29 is 33.1 Å². The highest BCUT2D eigenvalue weighted by Crippen LogP contribution is 2.51. The number of rotatable bonds is 19. The van der Waals surface area contributed by atoms with Crippen LogP contribution in [0, 0.1) is 11.3 Å². The van der Waals surface area contributed by atoms with Crippen molar-refractivity contribution in [2.24, 2.45) is 4.99 Å². The Morgan fingerprint density at radius 1 is 0.983 bits per heavy atom. The zero-order chi connectivity index (χ0) is 43.0. The van der Waals surface area contributed by atoms with Crippen LogP contribution >= 0.6 is 8.53 Å². The van der Waals surface area contributed by atoms with E-state index in [-0.39, 0.29) is 48.8 Å². The minimum atomic E-state index is -1.85. The molecule has 1 fully saturated rings. The van der Waals surface area contributed by atoms with Crippen LogP contribution in [-0.4, -0.2) is 112 Å². The monoisotopic (exact) mass is 840 g/mol. The molecule has 2 N–H and O–H groups in total. The Labute approximate surface area is 351 Å². The molecule has 3 heterocycles. The topological polar surface area (TPSA) is 182 Å². The highest BCUT2D eigenvalue weighted by atomic mass is 31.2. The molecule has 0 bridgehead atoms. The molecule has 318 valence electrons. The van der Waals surface area contributed by atoms with Crippen LogP contribution < -0.4 is 15.0 Å². The molecule has 0 saturated carbocycles. The number of nitrogens with zero attached hydrogens (tertiary/aromatic N) is 7. The van der Waals surface area contributed by atoms with Crippen molar-refractivity contribution in [2.75, 3.05) is 41.5 Å². The second-order valence-electron chi connectivity index (χ2n) is 14.9. The van der Waals surface area contributed by atoms with Gasteiger partial charge in [0.1, 0.15) is 35.4 Å². The Morgan fingerprint density at radius 3 is 2.13 bits per heavy atom. The fourth-order valence-electron chi connectivity index (χ4n) is 7.23. The minimum absolute atomic E-state index is 0.0197. The molecule has 3 aromatic carbocycles. The fourth-order valence-corrected chi connectivity index (χ4v) is 9.00. The smallest absolute Gasteiger partial charge is 0.280 e. The summed E-state index contributed by atoms with van der Waals surface area (Å²) in [4.78, 5) is 30.8. The van der Waals surface area contributed by atoms with E-state index in [4.69, 9.17) is 28.0 Å². The summed E-state index contributed by atoms with van der Waals surface area (Å²) in [5, 5.41) is 21.8. The van der Waals surface area contributed by atoms with E-state index in [1.54, 1.807) is 33.2 Å². The Bertz CT molecular complexity index is 2220. The fraction of sp³-hybridized carbons (Fsp3) is 0.419. The molecule has 17 heteroatoms. The van der Waals surface area contributed by atoms with Gasteiger partial charge in [-0.15, -0.1) is 0 Å². The first kappa shape index (κ1) is 44.3. The van der Waals surface area contributed by atoms with Crippen LogP contribution in [0.1, 0.15) is 57.0 Å². The molecule has 0 amide bonds. The van der Waals surface area contributed by atoms with Crippen LogP contribution in [0.25, 0.3) is 11.2 Å². The first-order valence-electron chi connectivity index (χ1n) is 19.7. The number of methoxy groups -OCH3 is 2. The Kier molecular flexibility index (Phi) is 14.7. The lowest BCUT2D eigenvalue weighted by Gasteiger charge is -2.39. The van der Waals surface area contributed by atoms with Crippen LogP contribution in [0.3, 0.4) is 0 Å². The minimum Gasteiger partial charge on any atom is -0.497 e. The normalized spacial score (nSPS) is 18.8. The van der Waals surface area contributed by atoms with Crippen molar-refractivity contribution >= 4 is 32.0 Å². The van der Waals surface area contributed by atoms with Crippen molar-refractivity contribution in [1.82, 2.24) is 29.1 Å². The lowest BCUT2D eigenvalue weighted by atomic mass is 9.80. The average Bonchev–Trinajstić information content (AvgIpc) is 3.81. The van der Waals surface area contributed by atoms with Gasteiger partial charge in [-0.2, -0.15) is 10.2 Å². The molecule has 16 nitrogen and oxygen atoms in total. The molecule has 5 aromatic rings. The second-order valence-corrected chi connectivity index (χ2v) is 16.3. The number of aliphatic hydroxyl groups excluding tert-OH is 1. The van der Waals surface area contributed by atoms with E-state index in [0.717, 1.165) is 16.7 Å². The van der Waals surface area contributed by atoms with Gasteiger partial charge in [0.15, 0.2) is 17.4 Å². The molecule has 0 aliphatic carbocycles. The first-order chi connectivity index (χ1) is 28.9. The summed E-state index contributed by atoms with van der Waals surface area (Å²) >= 11 is 0. The number of nitriles is 1. The average molecular weight is 841 g/mol. The van der Waals surface area contributed by atoms with E-state index >= 15 is 0 Å². The van der Waals surface area contributed by atoms with E-state index in [0.29, 0.717) is 11.5 Å². The maximum absolute atomic E-state index is 13.2. The van der Waals surface area contributed by atoms with E-state index in [1.165, 1.54) is 17.2 Å². The third-order valence-electron chi connectivity index (χ3n) is 9.93. The lowest BCUT2D eigenvalue weighted by Crippen LogP contribution is -2.42. The number of nitrogens with one attached hydrogen (secondary N) is 1. The highest BCUT2D eigenvalue weighted by molar-refractivity contribution is 7.44.